The van der Waals surface area contributed by atoms with Crippen molar-refractivity contribution in [2.45, 2.75) is 19.3 Å². The molecule has 0 radical (unpaired) electrons. The lowest BCUT2D eigenvalue weighted by atomic mass is 9.77. The molecule has 0 bridgehead atoms. The van der Waals surface area contributed by atoms with E-state index in [0.717, 1.165) is 38.1 Å². The number of aliphatic carboxylic acids is 1. The van der Waals surface area contributed by atoms with Gasteiger partial charge in [0.1, 0.15) is 5.75 Å². The van der Waals surface area contributed by atoms with E-state index in [-0.39, 0.29) is 12.0 Å². The van der Waals surface area contributed by atoms with E-state index in [9.17, 15) is 4.79 Å². The molecular formula is C21H23NO3. The molecule has 1 N–H and O–H groups in total. The smallest absolute Gasteiger partial charge is 0.317 e. The van der Waals surface area contributed by atoms with Crippen molar-refractivity contribution in [2.75, 3.05) is 26.2 Å². The summed E-state index contributed by atoms with van der Waals surface area (Å²) in [7, 11) is 0. The van der Waals surface area contributed by atoms with Crippen molar-refractivity contribution in [1.29, 1.82) is 0 Å². The standard InChI is InChI=1S/C21H23NO3/c23-20(24)13-22-14-21(15-22)11-17-6-7-19(10-18(17)12-21)25-9-8-16-4-2-1-3-5-16/h1-7,10H,8-9,11-15H2,(H,23,24). The zero-order valence-corrected chi connectivity index (χ0v) is 14.3. The van der Waals surface area contributed by atoms with Gasteiger partial charge in [-0.25, -0.2) is 0 Å². The molecule has 1 aliphatic heterocycles. The molecule has 2 aromatic carbocycles. The third-order valence-corrected chi connectivity index (χ3v) is 5.29. The van der Waals surface area contributed by atoms with Crippen molar-refractivity contribution in [3.05, 3.63) is 65.2 Å². The maximum Gasteiger partial charge on any atom is 0.317 e. The van der Waals surface area contributed by atoms with Crippen molar-refractivity contribution >= 4 is 5.97 Å². The molecule has 0 saturated carbocycles. The lowest BCUT2D eigenvalue weighted by Crippen LogP contribution is -2.58. The quantitative estimate of drug-likeness (QED) is 0.881. The number of likely N-dealkylation sites (tertiary alicyclic amines) is 1. The Balaban J connectivity index is 1.32. The summed E-state index contributed by atoms with van der Waals surface area (Å²) in [5.41, 5.74) is 4.30. The van der Waals surface area contributed by atoms with Gasteiger partial charge in [0.15, 0.2) is 0 Å². The Morgan fingerprint density at radius 2 is 1.84 bits per heavy atom. The number of carboxylic acid groups (broad SMARTS) is 1. The van der Waals surface area contributed by atoms with Crippen LogP contribution in [0.2, 0.25) is 0 Å². The van der Waals surface area contributed by atoms with Gasteiger partial charge < -0.3 is 9.84 Å². The first-order valence-electron chi connectivity index (χ1n) is 8.85. The maximum atomic E-state index is 10.8. The van der Waals surface area contributed by atoms with Crippen molar-refractivity contribution in [1.82, 2.24) is 4.90 Å². The van der Waals surface area contributed by atoms with Gasteiger partial charge in [-0.3, -0.25) is 9.69 Å². The molecule has 0 amide bonds. The van der Waals surface area contributed by atoms with Crippen LogP contribution in [0.1, 0.15) is 16.7 Å². The average molecular weight is 337 g/mol. The minimum absolute atomic E-state index is 0.159. The van der Waals surface area contributed by atoms with Crippen LogP contribution in [0.4, 0.5) is 0 Å². The topological polar surface area (TPSA) is 49.8 Å². The highest BCUT2D eigenvalue weighted by Crippen LogP contribution is 2.44. The minimum atomic E-state index is -0.737. The van der Waals surface area contributed by atoms with E-state index < -0.39 is 5.97 Å². The summed E-state index contributed by atoms with van der Waals surface area (Å²) in [4.78, 5) is 12.8. The van der Waals surface area contributed by atoms with Crippen molar-refractivity contribution in [2.24, 2.45) is 5.41 Å². The molecule has 2 aromatic rings. The largest absolute Gasteiger partial charge is 0.493 e. The van der Waals surface area contributed by atoms with Gasteiger partial charge in [-0.1, -0.05) is 36.4 Å². The summed E-state index contributed by atoms with van der Waals surface area (Å²) >= 11 is 0. The van der Waals surface area contributed by atoms with Gasteiger partial charge in [0.05, 0.1) is 13.2 Å². The Bertz CT molecular complexity index is 766. The van der Waals surface area contributed by atoms with E-state index in [2.05, 4.69) is 42.5 Å². The third-order valence-electron chi connectivity index (χ3n) is 5.29. The molecule has 0 aromatic heterocycles. The van der Waals surface area contributed by atoms with Gasteiger partial charge in [0.2, 0.25) is 0 Å². The third kappa shape index (κ3) is 3.54. The SMILES string of the molecule is O=C(O)CN1CC2(Cc3ccc(OCCc4ccccc4)cc3C2)C1. The summed E-state index contributed by atoms with van der Waals surface area (Å²) in [6.07, 6.45) is 3.00. The second kappa shape index (κ2) is 6.52. The van der Waals surface area contributed by atoms with E-state index in [0.29, 0.717) is 6.61 Å². The molecule has 4 rings (SSSR count). The van der Waals surface area contributed by atoms with E-state index in [1.807, 2.05) is 11.0 Å². The fourth-order valence-electron chi connectivity index (χ4n) is 4.26. The van der Waals surface area contributed by atoms with Crippen LogP contribution in [0.25, 0.3) is 0 Å². The van der Waals surface area contributed by atoms with Gasteiger partial charge in [-0.2, -0.15) is 0 Å². The molecule has 25 heavy (non-hydrogen) atoms. The van der Waals surface area contributed by atoms with Crippen LogP contribution in [0.15, 0.2) is 48.5 Å². The van der Waals surface area contributed by atoms with Gasteiger partial charge in [0, 0.05) is 24.9 Å². The van der Waals surface area contributed by atoms with Crippen molar-refractivity contribution < 1.29 is 14.6 Å². The number of hydrogen-bond acceptors (Lipinski definition) is 3. The molecule has 1 fully saturated rings. The Morgan fingerprint density at radius 3 is 2.60 bits per heavy atom. The fourth-order valence-corrected chi connectivity index (χ4v) is 4.26. The Morgan fingerprint density at radius 1 is 1.08 bits per heavy atom. The van der Waals surface area contributed by atoms with E-state index in [4.69, 9.17) is 9.84 Å². The van der Waals surface area contributed by atoms with E-state index >= 15 is 0 Å². The summed E-state index contributed by atoms with van der Waals surface area (Å²) in [5, 5.41) is 8.90. The van der Waals surface area contributed by atoms with Gasteiger partial charge in [-0.15, -0.1) is 0 Å². The molecule has 0 atom stereocenters. The molecule has 1 heterocycles. The second-order valence-electron chi connectivity index (χ2n) is 7.41. The summed E-state index contributed by atoms with van der Waals surface area (Å²) in [6, 6.07) is 16.8. The van der Waals surface area contributed by atoms with E-state index in [1.165, 1.54) is 16.7 Å². The lowest BCUT2D eigenvalue weighted by Gasteiger charge is -2.47. The molecule has 1 spiro atoms. The normalized spacial score (nSPS) is 17.9. The maximum absolute atomic E-state index is 10.8. The number of carboxylic acids is 1. The highest BCUT2D eigenvalue weighted by atomic mass is 16.5. The molecule has 4 heteroatoms. The number of fused-ring (bicyclic) bond motifs is 1. The lowest BCUT2D eigenvalue weighted by molar-refractivity contribution is -0.141. The Hall–Kier alpha value is -2.33. The number of nitrogens with zero attached hydrogens (tertiary/aromatic N) is 1. The van der Waals surface area contributed by atoms with Gasteiger partial charge >= 0.3 is 5.97 Å². The zero-order chi connectivity index (χ0) is 17.3. The van der Waals surface area contributed by atoms with Gasteiger partial charge in [-0.05, 0) is 41.7 Å². The number of hydrogen-bond donors (Lipinski definition) is 1. The highest BCUT2D eigenvalue weighted by Gasteiger charge is 2.47. The predicted octanol–water partition coefficient (Wildman–Crippen LogP) is 2.79. The van der Waals surface area contributed by atoms with E-state index in [1.54, 1.807) is 0 Å². The van der Waals surface area contributed by atoms with Crippen LogP contribution >= 0.6 is 0 Å². The van der Waals surface area contributed by atoms with Crippen LogP contribution in [-0.4, -0.2) is 42.2 Å². The number of benzene rings is 2. The van der Waals surface area contributed by atoms with Crippen molar-refractivity contribution in [3.63, 3.8) is 0 Å². The summed E-state index contributed by atoms with van der Waals surface area (Å²) < 4.78 is 5.94. The minimum Gasteiger partial charge on any atom is -0.493 e. The molecule has 130 valence electrons. The van der Waals surface area contributed by atoms with Gasteiger partial charge in [0.25, 0.3) is 0 Å². The van der Waals surface area contributed by atoms with Crippen LogP contribution in [0.3, 0.4) is 0 Å². The molecule has 2 aliphatic rings. The molecule has 4 nitrogen and oxygen atoms in total. The average Bonchev–Trinajstić information content (AvgIpc) is 2.93. The van der Waals surface area contributed by atoms with Crippen molar-refractivity contribution in [3.8, 4) is 5.75 Å². The van der Waals surface area contributed by atoms with Crippen LogP contribution in [0.5, 0.6) is 5.75 Å². The number of rotatable bonds is 6. The summed E-state index contributed by atoms with van der Waals surface area (Å²) in [5.74, 6) is 0.202. The van der Waals surface area contributed by atoms with Crippen LogP contribution in [0, 0.1) is 5.41 Å². The molecular weight excluding hydrogens is 314 g/mol. The Kier molecular flexibility index (Phi) is 4.22. The predicted molar refractivity (Wildman–Crippen MR) is 96.0 cm³/mol. The molecule has 0 unspecified atom stereocenters. The fraction of sp³-hybridized carbons (Fsp3) is 0.381. The van der Waals surface area contributed by atoms with Crippen LogP contribution in [-0.2, 0) is 24.1 Å². The molecule has 1 saturated heterocycles. The first kappa shape index (κ1) is 16.2. The first-order chi connectivity index (χ1) is 12.1. The second-order valence-corrected chi connectivity index (χ2v) is 7.41. The molecule has 1 aliphatic carbocycles. The highest BCUT2D eigenvalue weighted by molar-refractivity contribution is 5.69. The number of ether oxygens (including phenoxy) is 1. The van der Waals surface area contributed by atoms with Crippen LogP contribution < -0.4 is 4.74 Å². The zero-order valence-electron chi connectivity index (χ0n) is 14.3. The monoisotopic (exact) mass is 337 g/mol. The number of carbonyl (C=O) groups is 1. The first-order valence-corrected chi connectivity index (χ1v) is 8.85. The Labute approximate surface area is 148 Å². The summed E-state index contributed by atoms with van der Waals surface area (Å²) in [6.45, 7) is 2.61.